The number of nitrogens with one attached hydrogen (secondary N) is 4. The van der Waals surface area contributed by atoms with E-state index in [1.165, 1.54) is 5.56 Å². The van der Waals surface area contributed by atoms with Gasteiger partial charge in [-0.15, -0.1) is 0 Å². The van der Waals surface area contributed by atoms with Crippen molar-refractivity contribution in [3.05, 3.63) is 35.9 Å². The molecule has 0 fully saturated rings. The third-order valence-corrected chi connectivity index (χ3v) is 4.68. The Morgan fingerprint density at radius 3 is 2.54 bits per heavy atom. The average Bonchev–Trinajstić information content (AvgIpc) is 2.67. The van der Waals surface area contributed by atoms with E-state index in [1.807, 2.05) is 18.2 Å². The molecule has 1 amide bonds. The number of carbonyl (C=O) groups excluding carboxylic acids is 1. The van der Waals surface area contributed by atoms with E-state index in [2.05, 4.69) is 49.3 Å². The lowest BCUT2D eigenvalue weighted by atomic mass is 10.1. The van der Waals surface area contributed by atoms with Gasteiger partial charge in [0.15, 0.2) is 0 Å². The summed E-state index contributed by atoms with van der Waals surface area (Å²) in [6.45, 7) is 5.45. The largest absolute Gasteiger partial charge is 0.335 e. The van der Waals surface area contributed by atoms with Gasteiger partial charge in [0, 0.05) is 26.1 Å². The van der Waals surface area contributed by atoms with Crippen LogP contribution in [0.3, 0.4) is 0 Å². The molecule has 0 aliphatic carbocycles. The van der Waals surface area contributed by atoms with Crippen LogP contribution in [0, 0.1) is 0 Å². The number of aliphatic imine (C=N–C) groups is 1. The van der Waals surface area contributed by atoms with Crippen LogP contribution in [0.5, 0.6) is 0 Å². The van der Waals surface area contributed by atoms with E-state index in [9.17, 15) is 4.79 Å². The standard InChI is InChI=1S/C19H30BrN5O/c20-15-18(26)25-19-17(14-16-6-2-1-3-7-16)23-10-4-8-21-12-13-22-9-5-11-24-19/h1-3,6-7,19,21-22,24H,4-5,8-15H2,(H,25,26). The summed E-state index contributed by atoms with van der Waals surface area (Å²) in [6.07, 6.45) is 2.47. The number of carbonyl (C=O) groups is 1. The Labute approximate surface area is 164 Å². The first-order valence-corrected chi connectivity index (χ1v) is 10.5. The van der Waals surface area contributed by atoms with Crippen molar-refractivity contribution in [1.29, 1.82) is 0 Å². The van der Waals surface area contributed by atoms with Gasteiger partial charge in [-0.05, 0) is 38.0 Å². The number of nitrogens with zero attached hydrogens (tertiary/aromatic N) is 1. The Hall–Kier alpha value is -1.28. The minimum atomic E-state index is -0.240. The second-order valence-corrected chi connectivity index (χ2v) is 6.89. The fourth-order valence-electron chi connectivity index (χ4n) is 2.82. The highest BCUT2D eigenvalue weighted by Gasteiger charge is 2.18. The van der Waals surface area contributed by atoms with E-state index in [-0.39, 0.29) is 17.4 Å². The van der Waals surface area contributed by atoms with Crippen molar-refractivity contribution in [2.24, 2.45) is 4.99 Å². The maximum absolute atomic E-state index is 12.0. The number of amides is 1. The maximum atomic E-state index is 12.0. The summed E-state index contributed by atoms with van der Waals surface area (Å²) < 4.78 is 0. The van der Waals surface area contributed by atoms with Crippen LogP contribution in [-0.4, -0.2) is 62.4 Å². The van der Waals surface area contributed by atoms with Gasteiger partial charge in [0.1, 0.15) is 6.17 Å². The highest BCUT2D eigenvalue weighted by Crippen LogP contribution is 2.04. The molecule has 0 spiro atoms. The van der Waals surface area contributed by atoms with Crippen molar-refractivity contribution in [3.63, 3.8) is 0 Å². The topological polar surface area (TPSA) is 77.5 Å². The fraction of sp³-hybridized carbons (Fsp3) is 0.579. The molecule has 0 saturated carbocycles. The summed E-state index contributed by atoms with van der Waals surface area (Å²) in [5.74, 6) is -0.0378. The Morgan fingerprint density at radius 1 is 1.08 bits per heavy atom. The molecule has 0 saturated heterocycles. The van der Waals surface area contributed by atoms with E-state index in [4.69, 9.17) is 4.99 Å². The van der Waals surface area contributed by atoms with Crippen molar-refractivity contribution < 1.29 is 4.79 Å². The van der Waals surface area contributed by atoms with Gasteiger partial charge in [-0.3, -0.25) is 15.1 Å². The van der Waals surface area contributed by atoms with Gasteiger partial charge >= 0.3 is 0 Å². The van der Waals surface area contributed by atoms with Crippen LogP contribution in [0.4, 0.5) is 0 Å². The molecule has 4 N–H and O–H groups in total. The average molecular weight is 424 g/mol. The molecule has 1 aliphatic rings. The van der Waals surface area contributed by atoms with Gasteiger partial charge in [-0.25, -0.2) is 0 Å². The van der Waals surface area contributed by atoms with Gasteiger partial charge in [-0.2, -0.15) is 0 Å². The summed E-state index contributed by atoms with van der Waals surface area (Å²) in [5, 5.41) is 13.7. The molecule has 1 heterocycles. The van der Waals surface area contributed by atoms with Crippen molar-refractivity contribution in [1.82, 2.24) is 21.3 Å². The molecule has 0 radical (unpaired) electrons. The molecule has 0 aromatic heterocycles. The van der Waals surface area contributed by atoms with Crippen molar-refractivity contribution in [2.45, 2.75) is 25.4 Å². The van der Waals surface area contributed by atoms with Crippen LogP contribution < -0.4 is 21.3 Å². The number of hydrogen-bond acceptors (Lipinski definition) is 5. The van der Waals surface area contributed by atoms with Gasteiger partial charge in [0.25, 0.3) is 0 Å². The second kappa shape index (κ2) is 13.0. The normalized spacial score (nSPS) is 20.7. The van der Waals surface area contributed by atoms with Crippen LogP contribution in [0.2, 0.25) is 0 Å². The maximum Gasteiger partial charge on any atom is 0.232 e. The Kier molecular flexibility index (Phi) is 10.5. The fourth-order valence-corrected chi connectivity index (χ4v) is 2.98. The zero-order valence-electron chi connectivity index (χ0n) is 15.3. The summed E-state index contributed by atoms with van der Waals surface area (Å²) >= 11 is 3.24. The molecule has 6 nitrogen and oxygen atoms in total. The van der Waals surface area contributed by atoms with Crippen LogP contribution in [0.25, 0.3) is 0 Å². The van der Waals surface area contributed by atoms with E-state index in [0.29, 0.717) is 0 Å². The third kappa shape index (κ3) is 8.40. The molecule has 1 atom stereocenters. The first-order chi connectivity index (χ1) is 12.8. The Bertz CT molecular complexity index is 552. The zero-order chi connectivity index (χ0) is 18.5. The number of rotatable bonds is 4. The molecular formula is C19H30BrN5O. The first-order valence-electron chi connectivity index (χ1n) is 9.37. The van der Waals surface area contributed by atoms with Crippen LogP contribution in [0.15, 0.2) is 35.3 Å². The van der Waals surface area contributed by atoms with E-state index in [0.717, 1.165) is 64.2 Å². The van der Waals surface area contributed by atoms with Crippen LogP contribution >= 0.6 is 15.9 Å². The minimum absolute atomic E-state index is 0.0378. The summed E-state index contributed by atoms with van der Waals surface area (Å²) in [4.78, 5) is 16.8. The number of hydrogen-bond donors (Lipinski definition) is 4. The Balaban J connectivity index is 2.12. The monoisotopic (exact) mass is 423 g/mol. The minimum Gasteiger partial charge on any atom is -0.335 e. The molecule has 7 heteroatoms. The molecule has 26 heavy (non-hydrogen) atoms. The van der Waals surface area contributed by atoms with Crippen LogP contribution in [0.1, 0.15) is 18.4 Å². The van der Waals surface area contributed by atoms with E-state index < -0.39 is 0 Å². The van der Waals surface area contributed by atoms with Crippen molar-refractivity contribution in [3.8, 4) is 0 Å². The zero-order valence-corrected chi connectivity index (χ0v) is 16.9. The molecule has 1 unspecified atom stereocenters. The first kappa shape index (κ1) is 21.0. The summed E-state index contributed by atoms with van der Waals surface area (Å²) in [7, 11) is 0. The molecule has 2 rings (SSSR count). The molecule has 1 aliphatic heterocycles. The number of alkyl halides is 1. The lowest BCUT2D eigenvalue weighted by molar-refractivity contribution is -0.118. The molecule has 0 bridgehead atoms. The predicted molar refractivity (Wildman–Crippen MR) is 111 cm³/mol. The molecule has 1 aromatic rings. The molecular weight excluding hydrogens is 394 g/mol. The lowest BCUT2D eigenvalue weighted by Gasteiger charge is -2.23. The van der Waals surface area contributed by atoms with Gasteiger partial charge in [0.2, 0.25) is 5.91 Å². The SMILES string of the molecule is O=C(CBr)NC1NCCCNCCNCCCN=C1Cc1ccccc1. The second-order valence-electron chi connectivity index (χ2n) is 6.33. The van der Waals surface area contributed by atoms with Gasteiger partial charge in [-0.1, -0.05) is 46.3 Å². The van der Waals surface area contributed by atoms with Gasteiger partial charge < -0.3 is 16.0 Å². The number of benzene rings is 1. The molecule has 1 aromatic carbocycles. The molecule has 144 valence electrons. The smallest absolute Gasteiger partial charge is 0.232 e. The summed E-state index contributed by atoms with van der Waals surface area (Å²) in [5.41, 5.74) is 2.18. The predicted octanol–water partition coefficient (Wildman–Crippen LogP) is 1.07. The quantitative estimate of drug-likeness (QED) is 0.546. The third-order valence-electron chi connectivity index (χ3n) is 4.17. The van der Waals surface area contributed by atoms with Crippen molar-refractivity contribution in [2.75, 3.05) is 44.6 Å². The highest BCUT2D eigenvalue weighted by atomic mass is 79.9. The van der Waals surface area contributed by atoms with Crippen molar-refractivity contribution >= 4 is 27.5 Å². The highest BCUT2D eigenvalue weighted by molar-refractivity contribution is 9.09. The van der Waals surface area contributed by atoms with E-state index in [1.54, 1.807) is 0 Å². The lowest BCUT2D eigenvalue weighted by Crippen LogP contribution is -2.52. The number of halogens is 1. The Morgan fingerprint density at radius 2 is 1.81 bits per heavy atom. The van der Waals surface area contributed by atoms with Crippen LogP contribution in [-0.2, 0) is 11.2 Å². The summed E-state index contributed by atoms with van der Waals surface area (Å²) in [6, 6.07) is 10.3. The van der Waals surface area contributed by atoms with E-state index >= 15 is 0 Å². The van der Waals surface area contributed by atoms with Gasteiger partial charge in [0.05, 0.1) is 11.0 Å².